The average molecular weight is 423 g/mol. The molecule has 1 aliphatic rings. The van der Waals surface area contributed by atoms with Gasteiger partial charge in [-0.1, -0.05) is 36.4 Å². The highest BCUT2D eigenvalue weighted by molar-refractivity contribution is 5.93. The molecule has 3 rings (SSSR count). The van der Waals surface area contributed by atoms with Crippen LogP contribution in [0.15, 0.2) is 53.5 Å². The van der Waals surface area contributed by atoms with Crippen LogP contribution in [-0.4, -0.2) is 51.1 Å². The summed E-state index contributed by atoms with van der Waals surface area (Å²) in [6.07, 6.45) is 4.60. The van der Waals surface area contributed by atoms with Gasteiger partial charge >= 0.3 is 0 Å². The Morgan fingerprint density at radius 3 is 2.65 bits per heavy atom. The fourth-order valence-electron chi connectivity index (χ4n) is 3.82. The van der Waals surface area contributed by atoms with Crippen molar-refractivity contribution in [2.45, 2.75) is 38.3 Å². The number of hydrogen-bond acceptors (Lipinski definition) is 3. The SMILES string of the molecule is CN=C(NCCCOC1CCCc2ccccc21)NCc1ccc(C(=O)N(C)C)cc1. The van der Waals surface area contributed by atoms with Crippen LogP contribution in [0, 0.1) is 0 Å². The van der Waals surface area contributed by atoms with Crippen LogP contribution < -0.4 is 10.6 Å². The van der Waals surface area contributed by atoms with E-state index in [9.17, 15) is 4.79 Å². The summed E-state index contributed by atoms with van der Waals surface area (Å²) in [4.78, 5) is 17.8. The van der Waals surface area contributed by atoms with E-state index in [-0.39, 0.29) is 12.0 Å². The smallest absolute Gasteiger partial charge is 0.253 e. The number of benzene rings is 2. The van der Waals surface area contributed by atoms with E-state index in [0.717, 1.165) is 43.9 Å². The molecule has 1 atom stereocenters. The molecule has 0 saturated heterocycles. The summed E-state index contributed by atoms with van der Waals surface area (Å²) in [5, 5.41) is 6.65. The number of guanidine groups is 1. The van der Waals surface area contributed by atoms with E-state index >= 15 is 0 Å². The molecular weight excluding hydrogens is 388 g/mol. The van der Waals surface area contributed by atoms with Gasteiger partial charge in [0.2, 0.25) is 0 Å². The minimum atomic E-state index is 0.0101. The van der Waals surface area contributed by atoms with Crippen LogP contribution in [-0.2, 0) is 17.7 Å². The Balaban J connectivity index is 1.36. The molecule has 0 spiro atoms. The fraction of sp³-hybridized carbons (Fsp3) is 0.440. The molecule has 0 aromatic heterocycles. The molecule has 6 nitrogen and oxygen atoms in total. The maximum atomic E-state index is 12.0. The lowest BCUT2D eigenvalue weighted by atomic mass is 9.89. The first-order valence-corrected chi connectivity index (χ1v) is 11.0. The lowest BCUT2D eigenvalue weighted by Gasteiger charge is -2.25. The molecule has 2 N–H and O–H groups in total. The molecule has 1 amide bonds. The Morgan fingerprint density at radius 2 is 1.90 bits per heavy atom. The van der Waals surface area contributed by atoms with Crippen molar-refractivity contribution in [3.8, 4) is 0 Å². The lowest BCUT2D eigenvalue weighted by Crippen LogP contribution is -2.37. The highest BCUT2D eigenvalue weighted by Gasteiger charge is 2.19. The summed E-state index contributed by atoms with van der Waals surface area (Å²) >= 11 is 0. The zero-order chi connectivity index (χ0) is 22.1. The van der Waals surface area contributed by atoms with Gasteiger partial charge in [-0.2, -0.15) is 0 Å². The van der Waals surface area contributed by atoms with Gasteiger partial charge in [0.15, 0.2) is 5.96 Å². The molecule has 0 heterocycles. The second-order valence-corrected chi connectivity index (χ2v) is 8.05. The molecule has 0 radical (unpaired) electrons. The number of aliphatic imine (C=N–C) groups is 1. The molecule has 166 valence electrons. The Hall–Kier alpha value is -2.86. The molecule has 0 fully saturated rings. The number of hydrogen-bond donors (Lipinski definition) is 2. The summed E-state index contributed by atoms with van der Waals surface area (Å²) < 4.78 is 6.17. The number of amides is 1. The molecule has 31 heavy (non-hydrogen) atoms. The van der Waals surface area contributed by atoms with E-state index in [0.29, 0.717) is 12.1 Å². The molecule has 1 aliphatic carbocycles. The molecule has 1 unspecified atom stereocenters. The number of nitrogens with zero attached hydrogens (tertiary/aromatic N) is 2. The van der Waals surface area contributed by atoms with Crippen LogP contribution >= 0.6 is 0 Å². The molecule has 2 aromatic rings. The topological polar surface area (TPSA) is 66.0 Å². The van der Waals surface area contributed by atoms with Crippen molar-refractivity contribution in [1.29, 1.82) is 0 Å². The third kappa shape index (κ3) is 6.56. The second-order valence-electron chi connectivity index (χ2n) is 8.05. The number of carbonyl (C=O) groups is 1. The van der Waals surface area contributed by atoms with Gasteiger partial charge in [0, 0.05) is 46.4 Å². The van der Waals surface area contributed by atoms with Crippen LogP contribution in [0.4, 0.5) is 0 Å². The Bertz CT molecular complexity index is 877. The summed E-state index contributed by atoms with van der Waals surface area (Å²) in [5.74, 6) is 0.771. The van der Waals surface area contributed by atoms with E-state index in [1.165, 1.54) is 17.5 Å². The van der Waals surface area contributed by atoms with Crippen molar-refractivity contribution in [2.75, 3.05) is 34.3 Å². The normalized spacial score (nSPS) is 15.8. The number of aryl methyl sites for hydroxylation is 1. The molecule has 0 saturated carbocycles. The number of nitrogens with one attached hydrogen (secondary N) is 2. The molecule has 0 aliphatic heterocycles. The third-order valence-electron chi connectivity index (χ3n) is 5.54. The zero-order valence-electron chi connectivity index (χ0n) is 18.9. The Kier molecular flexibility index (Phi) is 8.47. The standard InChI is InChI=1S/C25H34N4O2/c1-26-25(28-18-19-12-14-21(15-13-19)24(30)29(2)3)27-16-7-17-31-23-11-6-9-20-8-4-5-10-22(20)23/h4-5,8,10,12-15,23H,6-7,9,11,16-18H2,1-3H3,(H2,26,27,28). The summed E-state index contributed by atoms with van der Waals surface area (Å²) in [6.45, 7) is 2.17. The summed E-state index contributed by atoms with van der Waals surface area (Å²) in [6, 6.07) is 16.3. The maximum Gasteiger partial charge on any atom is 0.253 e. The van der Waals surface area contributed by atoms with Crippen LogP contribution in [0.5, 0.6) is 0 Å². The van der Waals surface area contributed by atoms with Crippen LogP contribution in [0.25, 0.3) is 0 Å². The van der Waals surface area contributed by atoms with Crippen molar-refractivity contribution in [2.24, 2.45) is 4.99 Å². The van der Waals surface area contributed by atoms with Gasteiger partial charge in [-0.15, -0.1) is 0 Å². The minimum Gasteiger partial charge on any atom is -0.373 e. The van der Waals surface area contributed by atoms with Crippen molar-refractivity contribution in [3.63, 3.8) is 0 Å². The molecule has 6 heteroatoms. The summed E-state index contributed by atoms with van der Waals surface area (Å²) in [5.41, 5.74) is 4.58. The average Bonchev–Trinajstić information content (AvgIpc) is 2.80. The maximum absolute atomic E-state index is 12.0. The van der Waals surface area contributed by atoms with Crippen LogP contribution in [0.2, 0.25) is 0 Å². The second kappa shape index (κ2) is 11.5. The van der Waals surface area contributed by atoms with Crippen molar-refractivity contribution < 1.29 is 9.53 Å². The number of rotatable bonds is 8. The van der Waals surface area contributed by atoms with E-state index < -0.39 is 0 Å². The molecular formula is C25H34N4O2. The highest BCUT2D eigenvalue weighted by atomic mass is 16.5. The van der Waals surface area contributed by atoms with Gasteiger partial charge < -0.3 is 20.3 Å². The third-order valence-corrected chi connectivity index (χ3v) is 5.54. The van der Waals surface area contributed by atoms with E-state index in [2.05, 4.69) is 39.9 Å². The summed E-state index contributed by atoms with van der Waals surface area (Å²) in [7, 11) is 5.28. The Morgan fingerprint density at radius 1 is 1.13 bits per heavy atom. The first kappa shape index (κ1) is 22.8. The molecule has 2 aromatic carbocycles. The van der Waals surface area contributed by atoms with Gasteiger partial charge in [0.25, 0.3) is 5.91 Å². The van der Waals surface area contributed by atoms with Gasteiger partial charge in [-0.05, 0) is 54.5 Å². The first-order chi connectivity index (χ1) is 15.1. The Labute approximate surface area is 185 Å². The van der Waals surface area contributed by atoms with E-state index in [1.807, 2.05) is 24.3 Å². The van der Waals surface area contributed by atoms with E-state index in [4.69, 9.17) is 4.74 Å². The monoisotopic (exact) mass is 422 g/mol. The molecule has 0 bridgehead atoms. The predicted molar refractivity (Wildman–Crippen MR) is 125 cm³/mol. The fourth-order valence-corrected chi connectivity index (χ4v) is 3.82. The van der Waals surface area contributed by atoms with Gasteiger partial charge in [0.1, 0.15) is 0 Å². The largest absolute Gasteiger partial charge is 0.373 e. The predicted octanol–water partition coefficient (Wildman–Crippen LogP) is 3.54. The van der Waals surface area contributed by atoms with Crippen molar-refractivity contribution in [3.05, 3.63) is 70.8 Å². The number of ether oxygens (including phenoxy) is 1. The van der Waals surface area contributed by atoms with Crippen LogP contribution in [0.3, 0.4) is 0 Å². The zero-order valence-corrected chi connectivity index (χ0v) is 18.9. The van der Waals surface area contributed by atoms with Crippen LogP contribution in [0.1, 0.15) is 52.4 Å². The first-order valence-electron chi connectivity index (χ1n) is 11.0. The van der Waals surface area contributed by atoms with E-state index in [1.54, 1.807) is 26.0 Å². The number of carbonyl (C=O) groups excluding carboxylic acids is 1. The highest BCUT2D eigenvalue weighted by Crippen LogP contribution is 2.32. The van der Waals surface area contributed by atoms with Gasteiger partial charge in [0.05, 0.1) is 6.10 Å². The number of fused-ring (bicyclic) bond motifs is 1. The quantitative estimate of drug-likeness (QED) is 0.388. The minimum absolute atomic E-state index is 0.0101. The van der Waals surface area contributed by atoms with Gasteiger partial charge in [-0.3, -0.25) is 9.79 Å². The van der Waals surface area contributed by atoms with Crippen molar-refractivity contribution >= 4 is 11.9 Å². The lowest BCUT2D eigenvalue weighted by molar-refractivity contribution is 0.0398. The van der Waals surface area contributed by atoms with Crippen molar-refractivity contribution in [1.82, 2.24) is 15.5 Å². The van der Waals surface area contributed by atoms with Gasteiger partial charge in [-0.25, -0.2) is 0 Å².